The molecule has 0 spiro atoms. The summed E-state index contributed by atoms with van der Waals surface area (Å²) in [5, 5.41) is 21.5. The van der Waals surface area contributed by atoms with Gasteiger partial charge in [0, 0.05) is 6.61 Å². The third-order valence-electron chi connectivity index (χ3n) is 13.5. The summed E-state index contributed by atoms with van der Waals surface area (Å²) in [4.78, 5) is 0. The molecule has 0 aliphatic heterocycles. The zero-order valence-electron chi connectivity index (χ0n) is 21.8. The zero-order chi connectivity index (χ0) is 23.3. The first-order valence-corrected chi connectivity index (χ1v) is 13.8. The summed E-state index contributed by atoms with van der Waals surface area (Å²) in [5.74, 6) is 3.33. The van der Waals surface area contributed by atoms with E-state index in [1.807, 2.05) is 0 Å². The van der Waals surface area contributed by atoms with E-state index in [0.29, 0.717) is 40.6 Å². The van der Waals surface area contributed by atoms with Gasteiger partial charge in [0.1, 0.15) is 0 Å². The van der Waals surface area contributed by atoms with Gasteiger partial charge in [0.15, 0.2) is 0 Å². The first-order chi connectivity index (χ1) is 14.9. The first kappa shape index (κ1) is 23.4. The molecule has 2 N–H and O–H groups in total. The van der Waals surface area contributed by atoms with Crippen molar-refractivity contribution in [2.24, 2.45) is 56.7 Å². The third kappa shape index (κ3) is 2.66. The quantitative estimate of drug-likeness (QED) is 0.452. The van der Waals surface area contributed by atoms with Crippen LogP contribution in [0.2, 0.25) is 0 Å². The molecule has 10 atom stereocenters. The van der Waals surface area contributed by atoms with Crippen molar-refractivity contribution < 1.29 is 10.2 Å². The number of aliphatic hydroxyl groups is 2. The van der Waals surface area contributed by atoms with E-state index in [-0.39, 0.29) is 16.9 Å². The van der Waals surface area contributed by atoms with Crippen LogP contribution in [0.5, 0.6) is 0 Å². The predicted octanol–water partition coefficient (Wildman–Crippen LogP) is 7.00. The summed E-state index contributed by atoms with van der Waals surface area (Å²) in [6.07, 6.45) is 12.2. The molecule has 32 heavy (non-hydrogen) atoms. The Labute approximate surface area is 197 Å². The molecule has 0 saturated heterocycles. The van der Waals surface area contributed by atoms with Crippen molar-refractivity contribution in [1.82, 2.24) is 0 Å². The van der Waals surface area contributed by atoms with Gasteiger partial charge in [-0.1, -0.05) is 46.8 Å². The molecular weight excluding hydrogens is 392 g/mol. The molecule has 5 aliphatic carbocycles. The van der Waals surface area contributed by atoms with E-state index in [9.17, 15) is 10.2 Å². The number of fused-ring (bicyclic) bond motifs is 7. The lowest BCUT2D eigenvalue weighted by molar-refractivity contribution is -0.249. The Morgan fingerprint density at radius 1 is 0.812 bits per heavy atom. The van der Waals surface area contributed by atoms with E-state index < -0.39 is 0 Å². The Balaban J connectivity index is 1.55. The monoisotopic (exact) mass is 442 g/mol. The van der Waals surface area contributed by atoms with Crippen LogP contribution in [0.25, 0.3) is 0 Å². The van der Waals surface area contributed by atoms with E-state index in [0.717, 1.165) is 18.3 Å². The van der Waals surface area contributed by atoms with E-state index in [1.54, 1.807) is 0 Å². The summed E-state index contributed by atoms with van der Waals surface area (Å²) in [5.41, 5.74) is 2.60. The van der Waals surface area contributed by atoms with Gasteiger partial charge in [-0.2, -0.15) is 0 Å². The second kappa shape index (κ2) is 7.09. The fourth-order valence-corrected chi connectivity index (χ4v) is 11.5. The standard InChI is InChI=1S/C30H50O2/c1-19(2)20-10-15-30(18-31)17-16-28(6)21(25(20)30)8-9-23-27(5)13-12-24(32)26(3,4)22(27)11-14-29(23,28)7/h20-25,31-32H,1,8-18H2,2-7H3/t20-,21+,22?,23+,24+,25+,27-,28-,29+,30-/m1/s1. The molecule has 0 aromatic rings. The van der Waals surface area contributed by atoms with Gasteiger partial charge in [0.25, 0.3) is 0 Å². The normalized spacial score (nSPS) is 56.5. The fraction of sp³-hybridized carbons (Fsp3) is 0.933. The van der Waals surface area contributed by atoms with Crippen molar-refractivity contribution in [1.29, 1.82) is 0 Å². The van der Waals surface area contributed by atoms with Crippen LogP contribution >= 0.6 is 0 Å². The summed E-state index contributed by atoms with van der Waals surface area (Å²) in [6.45, 7) is 19.7. The van der Waals surface area contributed by atoms with Crippen molar-refractivity contribution in [2.75, 3.05) is 6.61 Å². The maximum absolute atomic E-state index is 10.9. The first-order valence-electron chi connectivity index (χ1n) is 13.8. The van der Waals surface area contributed by atoms with E-state index >= 15 is 0 Å². The third-order valence-corrected chi connectivity index (χ3v) is 13.5. The second-order valence-corrected chi connectivity index (χ2v) is 14.6. The Hall–Kier alpha value is -0.340. The Kier molecular flexibility index (Phi) is 5.19. The van der Waals surface area contributed by atoms with Gasteiger partial charge in [0.05, 0.1) is 6.10 Å². The average molecular weight is 443 g/mol. The molecule has 0 amide bonds. The minimum atomic E-state index is -0.147. The lowest BCUT2D eigenvalue weighted by Crippen LogP contribution is -2.66. The van der Waals surface area contributed by atoms with Gasteiger partial charge in [-0.15, -0.1) is 0 Å². The van der Waals surface area contributed by atoms with Crippen molar-refractivity contribution in [3.05, 3.63) is 12.2 Å². The number of allylic oxidation sites excluding steroid dienone is 1. The van der Waals surface area contributed by atoms with E-state index in [1.165, 1.54) is 63.4 Å². The Bertz CT molecular complexity index is 786. The van der Waals surface area contributed by atoms with Crippen LogP contribution in [-0.2, 0) is 0 Å². The van der Waals surface area contributed by atoms with Gasteiger partial charge in [-0.3, -0.25) is 0 Å². The van der Waals surface area contributed by atoms with Crippen LogP contribution in [0.1, 0.15) is 106 Å². The zero-order valence-corrected chi connectivity index (χ0v) is 21.8. The molecule has 0 heterocycles. The van der Waals surface area contributed by atoms with Gasteiger partial charge in [0.2, 0.25) is 0 Å². The molecule has 2 heteroatoms. The highest BCUT2D eigenvalue weighted by molar-refractivity contribution is 5.21. The second-order valence-electron chi connectivity index (χ2n) is 14.6. The molecule has 0 aromatic carbocycles. The van der Waals surface area contributed by atoms with Crippen LogP contribution in [0.4, 0.5) is 0 Å². The number of hydrogen-bond donors (Lipinski definition) is 2. The van der Waals surface area contributed by atoms with Gasteiger partial charge in [-0.25, -0.2) is 0 Å². The number of aliphatic hydroxyl groups excluding tert-OH is 2. The van der Waals surface area contributed by atoms with Crippen molar-refractivity contribution in [3.8, 4) is 0 Å². The van der Waals surface area contributed by atoms with Crippen molar-refractivity contribution >= 4 is 0 Å². The van der Waals surface area contributed by atoms with Crippen LogP contribution in [0, 0.1) is 56.7 Å². The largest absolute Gasteiger partial charge is 0.396 e. The Morgan fingerprint density at radius 2 is 1.53 bits per heavy atom. The fourth-order valence-electron chi connectivity index (χ4n) is 11.5. The SMILES string of the molecule is C=C(C)[C@H]1CC[C@]2(CO)CC[C@]3(C)[C@@H](CC[C@@H]4[C@]3(C)CCC3C(C)(C)[C@@H](O)CC[C@]34C)[C@H]12. The minimum Gasteiger partial charge on any atom is -0.396 e. The van der Waals surface area contributed by atoms with Crippen molar-refractivity contribution in [3.63, 3.8) is 0 Å². The highest BCUT2D eigenvalue weighted by atomic mass is 16.3. The summed E-state index contributed by atoms with van der Waals surface area (Å²) < 4.78 is 0. The highest BCUT2D eigenvalue weighted by Gasteiger charge is 2.70. The van der Waals surface area contributed by atoms with E-state index in [4.69, 9.17) is 0 Å². The predicted molar refractivity (Wildman–Crippen MR) is 132 cm³/mol. The number of rotatable bonds is 2. The molecule has 2 nitrogen and oxygen atoms in total. The summed E-state index contributed by atoms with van der Waals surface area (Å²) in [7, 11) is 0. The lowest BCUT2D eigenvalue weighted by atomic mass is 9.32. The van der Waals surface area contributed by atoms with Gasteiger partial charge >= 0.3 is 0 Å². The maximum atomic E-state index is 10.9. The molecule has 182 valence electrons. The Morgan fingerprint density at radius 3 is 2.19 bits per heavy atom. The minimum absolute atomic E-state index is 0.0290. The molecule has 5 rings (SSSR count). The summed E-state index contributed by atoms with van der Waals surface area (Å²) >= 11 is 0. The van der Waals surface area contributed by atoms with Crippen molar-refractivity contribution in [2.45, 2.75) is 112 Å². The van der Waals surface area contributed by atoms with Crippen LogP contribution in [0.3, 0.4) is 0 Å². The lowest BCUT2D eigenvalue weighted by Gasteiger charge is -2.73. The molecule has 5 fully saturated rings. The molecule has 1 unspecified atom stereocenters. The van der Waals surface area contributed by atoms with E-state index in [2.05, 4.69) is 48.1 Å². The van der Waals surface area contributed by atoms with Crippen LogP contribution < -0.4 is 0 Å². The molecule has 0 bridgehead atoms. The smallest absolute Gasteiger partial charge is 0.0594 e. The average Bonchev–Trinajstić information content (AvgIpc) is 3.12. The highest BCUT2D eigenvalue weighted by Crippen LogP contribution is 2.77. The molecule has 5 aliphatic rings. The maximum Gasteiger partial charge on any atom is 0.0594 e. The van der Waals surface area contributed by atoms with Crippen LogP contribution in [0.15, 0.2) is 12.2 Å². The summed E-state index contributed by atoms with van der Waals surface area (Å²) in [6, 6.07) is 0. The number of hydrogen-bond acceptors (Lipinski definition) is 2. The van der Waals surface area contributed by atoms with Crippen LogP contribution in [-0.4, -0.2) is 22.9 Å². The molecule has 5 saturated carbocycles. The molecule has 0 aromatic heterocycles. The van der Waals surface area contributed by atoms with Gasteiger partial charge < -0.3 is 10.2 Å². The topological polar surface area (TPSA) is 40.5 Å². The molecular formula is C30H50O2. The molecule has 0 radical (unpaired) electrons. The van der Waals surface area contributed by atoms with Gasteiger partial charge in [-0.05, 0) is 128 Å².